The fourth-order valence-electron chi connectivity index (χ4n) is 9.87. The largest absolute Gasteiger partial charge is 0.247 e. The third-order valence-electron chi connectivity index (χ3n) is 12.8. The highest BCUT2D eigenvalue weighted by Gasteiger charge is 2.18. The van der Waals surface area contributed by atoms with Crippen molar-refractivity contribution in [1.29, 1.82) is 0 Å². The normalized spacial score (nSPS) is 12.1. The van der Waals surface area contributed by atoms with E-state index in [-0.39, 0.29) is 0 Å². The zero-order valence-electron chi connectivity index (χ0n) is 33.0. The van der Waals surface area contributed by atoms with Crippen LogP contribution >= 0.6 is 0 Å². The van der Waals surface area contributed by atoms with Crippen LogP contribution in [0.15, 0.2) is 194 Å². The Morgan fingerprint density at radius 3 is 1.15 bits per heavy atom. The first-order valence-electron chi connectivity index (χ1n) is 20.7. The number of fused-ring (bicyclic) bond motifs is 15. The molecule has 0 radical (unpaired) electrons. The molecule has 1 heterocycles. The van der Waals surface area contributed by atoms with Crippen molar-refractivity contribution < 1.29 is 0 Å². The molecule has 0 saturated carbocycles. The zero-order valence-corrected chi connectivity index (χ0v) is 33.0. The molecular weight excluding hydrogens is 711 g/mol. The highest BCUT2D eigenvalue weighted by molar-refractivity contribution is 6.27. The maximum Gasteiger partial charge on any atom is 0.0794 e. The first-order valence-corrected chi connectivity index (χ1v) is 20.7. The average Bonchev–Trinajstić information content (AvgIpc) is 3.31. The summed E-state index contributed by atoms with van der Waals surface area (Å²) in [6.45, 7) is 4.52. The molecule has 1 nitrogen and oxygen atoms in total. The van der Waals surface area contributed by atoms with Gasteiger partial charge in [-0.3, -0.25) is 0 Å². The number of benzene rings is 11. The Morgan fingerprint density at radius 1 is 0.288 bits per heavy atom. The first-order chi connectivity index (χ1) is 29.1. The topological polar surface area (TPSA) is 12.9 Å². The summed E-state index contributed by atoms with van der Waals surface area (Å²) in [5.74, 6) is 0.453. The van der Waals surface area contributed by atoms with Crippen molar-refractivity contribution in [3.63, 3.8) is 0 Å². The van der Waals surface area contributed by atoms with Crippen LogP contribution in [0.25, 0.3) is 120 Å². The minimum Gasteiger partial charge on any atom is -0.247 e. The van der Waals surface area contributed by atoms with Gasteiger partial charge in [-0.05, 0) is 128 Å². The standard InChI is InChI=1S/C58H39N/c1-35(2)36-23-25-37(26-24-36)53-34-57(39-28-30-50-45-18-6-4-14-41(45)43-16-8-10-20-47(43)55(50)32-39)59-58-51-22-12-11-21-48(51)52(33-56(53)58)38-27-29-49-44-17-5-3-13-40(44)42-15-7-9-19-46(42)54(49)31-38/h3-35H,1-2H3. The maximum atomic E-state index is 5.61. The molecule has 0 aliphatic carbocycles. The van der Waals surface area contributed by atoms with Crippen LogP contribution in [0.2, 0.25) is 0 Å². The maximum absolute atomic E-state index is 5.61. The number of aromatic nitrogens is 1. The van der Waals surface area contributed by atoms with E-state index >= 15 is 0 Å². The van der Waals surface area contributed by atoms with Gasteiger partial charge in [0, 0.05) is 16.3 Å². The number of hydrogen-bond acceptors (Lipinski definition) is 1. The van der Waals surface area contributed by atoms with E-state index in [2.05, 4.69) is 208 Å². The fraction of sp³-hybridized carbons (Fsp3) is 0.0517. The van der Waals surface area contributed by atoms with Crippen LogP contribution < -0.4 is 0 Å². The van der Waals surface area contributed by atoms with Gasteiger partial charge in [0.05, 0.1) is 11.2 Å². The third-order valence-corrected chi connectivity index (χ3v) is 12.8. The molecule has 0 atom stereocenters. The second kappa shape index (κ2) is 13.1. The molecule has 0 aliphatic heterocycles. The molecule has 0 spiro atoms. The van der Waals surface area contributed by atoms with Crippen LogP contribution in [0.4, 0.5) is 0 Å². The highest BCUT2D eigenvalue weighted by Crippen LogP contribution is 2.44. The minimum atomic E-state index is 0.453. The minimum absolute atomic E-state index is 0.453. The predicted molar refractivity (Wildman–Crippen MR) is 255 cm³/mol. The Bertz CT molecular complexity index is 3620. The second-order valence-electron chi connectivity index (χ2n) is 16.4. The first kappa shape index (κ1) is 33.8. The van der Waals surface area contributed by atoms with Gasteiger partial charge in [0.1, 0.15) is 0 Å². The van der Waals surface area contributed by atoms with E-state index in [1.165, 1.54) is 97.8 Å². The summed E-state index contributed by atoms with van der Waals surface area (Å²) < 4.78 is 0. The molecule has 0 unspecified atom stereocenters. The van der Waals surface area contributed by atoms with Crippen molar-refractivity contribution in [3.8, 4) is 33.5 Å². The van der Waals surface area contributed by atoms with Gasteiger partial charge < -0.3 is 0 Å². The molecule has 276 valence electrons. The summed E-state index contributed by atoms with van der Waals surface area (Å²) in [6.07, 6.45) is 0. The summed E-state index contributed by atoms with van der Waals surface area (Å²) in [5.41, 5.74) is 9.24. The number of nitrogens with zero attached hydrogens (tertiary/aromatic N) is 1. The molecule has 0 saturated heterocycles. The summed E-state index contributed by atoms with van der Waals surface area (Å²) >= 11 is 0. The molecule has 0 aliphatic rings. The lowest BCUT2D eigenvalue weighted by molar-refractivity contribution is 0.867. The number of hydrogen-bond donors (Lipinski definition) is 0. The summed E-state index contributed by atoms with van der Waals surface area (Å²) in [5, 5.41) is 18.8. The third kappa shape index (κ3) is 5.21. The van der Waals surface area contributed by atoms with Crippen molar-refractivity contribution in [2.45, 2.75) is 19.8 Å². The Morgan fingerprint density at radius 2 is 0.661 bits per heavy atom. The Labute approximate surface area is 342 Å². The molecule has 59 heavy (non-hydrogen) atoms. The molecule has 12 rings (SSSR count). The summed E-state index contributed by atoms with van der Waals surface area (Å²) in [4.78, 5) is 5.61. The Balaban J connectivity index is 1.14. The Hall–Kier alpha value is -7.35. The zero-order chi connectivity index (χ0) is 39.2. The van der Waals surface area contributed by atoms with Crippen molar-refractivity contribution in [2.75, 3.05) is 0 Å². The van der Waals surface area contributed by atoms with Gasteiger partial charge in [-0.1, -0.05) is 184 Å². The lowest BCUT2D eigenvalue weighted by Crippen LogP contribution is -1.94. The van der Waals surface area contributed by atoms with Crippen molar-refractivity contribution in [1.82, 2.24) is 4.98 Å². The van der Waals surface area contributed by atoms with Crippen LogP contribution in [0.5, 0.6) is 0 Å². The number of pyridine rings is 1. The monoisotopic (exact) mass is 749 g/mol. The van der Waals surface area contributed by atoms with Gasteiger partial charge >= 0.3 is 0 Å². The number of rotatable bonds is 4. The fourth-order valence-corrected chi connectivity index (χ4v) is 9.87. The van der Waals surface area contributed by atoms with Crippen molar-refractivity contribution >= 4 is 86.3 Å². The lowest BCUT2D eigenvalue weighted by atomic mass is 9.88. The van der Waals surface area contributed by atoms with Crippen molar-refractivity contribution in [3.05, 3.63) is 200 Å². The van der Waals surface area contributed by atoms with E-state index in [1.807, 2.05) is 0 Å². The quantitative estimate of drug-likeness (QED) is 0.163. The second-order valence-corrected chi connectivity index (χ2v) is 16.4. The molecule has 0 fully saturated rings. The van der Waals surface area contributed by atoms with Crippen LogP contribution in [0, 0.1) is 0 Å². The average molecular weight is 750 g/mol. The SMILES string of the molecule is CC(C)c1ccc(-c2cc(-c3ccc4c5ccccc5c5ccccc5c4c3)nc3c2cc(-c2ccc4c5ccccc5c5ccccc5c4c2)c2ccccc23)cc1. The van der Waals surface area contributed by atoms with E-state index in [4.69, 9.17) is 4.98 Å². The Kier molecular flexibility index (Phi) is 7.49. The predicted octanol–water partition coefficient (Wildman–Crippen LogP) is 16.4. The van der Waals surface area contributed by atoms with Gasteiger partial charge in [-0.25, -0.2) is 4.98 Å². The molecule has 1 heteroatoms. The van der Waals surface area contributed by atoms with E-state index in [0.717, 1.165) is 27.5 Å². The summed E-state index contributed by atoms with van der Waals surface area (Å²) in [6, 6.07) is 72.0. The van der Waals surface area contributed by atoms with E-state index < -0.39 is 0 Å². The van der Waals surface area contributed by atoms with E-state index in [1.54, 1.807) is 0 Å². The lowest BCUT2D eigenvalue weighted by Gasteiger charge is -2.17. The van der Waals surface area contributed by atoms with Gasteiger partial charge in [-0.2, -0.15) is 0 Å². The van der Waals surface area contributed by atoms with Crippen LogP contribution in [-0.2, 0) is 0 Å². The molecular formula is C58H39N. The van der Waals surface area contributed by atoms with Gasteiger partial charge in [0.25, 0.3) is 0 Å². The molecule has 0 N–H and O–H groups in total. The van der Waals surface area contributed by atoms with Crippen LogP contribution in [0.1, 0.15) is 25.3 Å². The van der Waals surface area contributed by atoms with E-state index in [0.29, 0.717) is 5.92 Å². The molecule has 1 aromatic heterocycles. The van der Waals surface area contributed by atoms with Gasteiger partial charge in [0.2, 0.25) is 0 Å². The van der Waals surface area contributed by atoms with Crippen molar-refractivity contribution in [2.24, 2.45) is 0 Å². The van der Waals surface area contributed by atoms with Gasteiger partial charge in [0.15, 0.2) is 0 Å². The highest BCUT2D eigenvalue weighted by atomic mass is 14.7. The van der Waals surface area contributed by atoms with Crippen LogP contribution in [0.3, 0.4) is 0 Å². The molecule has 11 aromatic carbocycles. The smallest absolute Gasteiger partial charge is 0.0794 e. The molecule has 0 bridgehead atoms. The molecule has 12 aromatic rings. The molecule has 0 amide bonds. The van der Waals surface area contributed by atoms with Gasteiger partial charge in [-0.15, -0.1) is 0 Å². The van der Waals surface area contributed by atoms with E-state index in [9.17, 15) is 0 Å². The van der Waals surface area contributed by atoms with Crippen LogP contribution in [-0.4, -0.2) is 4.98 Å². The summed E-state index contributed by atoms with van der Waals surface area (Å²) in [7, 11) is 0.